The first-order chi connectivity index (χ1) is 9.45. The van der Waals surface area contributed by atoms with E-state index in [4.69, 9.17) is 0 Å². The highest BCUT2D eigenvalue weighted by Gasteiger charge is 2.15. The minimum Gasteiger partial charge on any atom is -0.478 e. The molecule has 0 unspecified atom stereocenters. The minimum absolute atomic E-state index is 0.406. The lowest BCUT2D eigenvalue weighted by Gasteiger charge is -2.07. The highest BCUT2D eigenvalue weighted by molar-refractivity contribution is 5.96. The lowest BCUT2D eigenvalue weighted by molar-refractivity contribution is 0.0696. The summed E-state index contributed by atoms with van der Waals surface area (Å²) in [4.78, 5) is 11.3. The summed E-state index contributed by atoms with van der Waals surface area (Å²) >= 11 is 0. The predicted molar refractivity (Wildman–Crippen MR) is 82.6 cm³/mol. The van der Waals surface area contributed by atoms with Crippen molar-refractivity contribution < 1.29 is 9.90 Å². The fourth-order valence-corrected chi connectivity index (χ4v) is 2.68. The van der Waals surface area contributed by atoms with Crippen molar-refractivity contribution in [3.63, 3.8) is 0 Å². The number of aromatic nitrogens is 1. The Bertz CT molecular complexity index is 638. The number of unbranched alkanes of at least 4 members (excludes halogenated alkanes) is 1. The molecule has 1 N–H and O–H groups in total. The summed E-state index contributed by atoms with van der Waals surface area (Å²) in [6.07, 6.45) is 4.43. The number of aromatic carboxylic acids is 1. The molecule has 0 bridgehead atoms. The zero-order valence-corrected chi connectivity index (χ0v) is 12.7. The maximum Gasteiger partial charge on any atom is 0.336 e. The summed E-state index contributed by atoms with van der Waals surface area (Å²) in [5, 5.41) is 10.5. The summed E-state index contributed by atoms with van der Waals surface area (Å²) in [6, 6.07) is 3.85. The summed E-state index contributed by atoms with van der Waals surface area (Å²) < 4.78 is 2.21. The molecule has 0 aliphatic rings. The number of carbonyl (C=O) groups is 1. The number of carboxylic acids is 1. The first kappa shape index (κ1) is 14.6. The monoisotopic (exact) mass is 273 g/mol. The normalized spacial score (nSPS) is 11.4. The van der Waals surface area contributed by atoms with E-state index in [2.05, 4.69) is 31.5 Å². The van der Waals surface area contributed by atoms with Crippen LogP contribution in [0, 0.1) is 6.92 Å². The largest absolute Gasteiger partial charge is 0.478 e. The van der Waals surface area contributed by atoms with Crippen LogP contribution in [0.4, 0.5) is 0 Å². The van der Waals surface area contributed by atoms with E-state index >= 15 is 0 Å². The smallest absolute Gasteiger partial charge is 0.336 e. The topological polar surface area (TPSA) is 42.2 Å². The standard InChI is InChI=1S/C17H23NO2/c1-5-6-7-18-10-15(11(2)3)14-8-12(4)13(17(19)20)9-16(14)18/h8-11H,5-7H2,1-4H3,(H,19,20). The van der Waals surface area contributed by atoms with Crippen LogP contribution in [-0.2, 0) is 6.54 Å². The molecule has 0 aliphatic carbocycles. The van der Waals surface area contributed by atoms with Crippen molar-refractivity contribution in [2.75, 3.05) is 0 Å². The van der Waals surface area contributed by atoms with Gasteiger partial charge in [0.25, 0.3) is 0 Å². The Balaban J connectivity index is 2.67. The molecule has 1 aromatic heterocycles. The summed E-state index contributed by atoms with van der Waals surface area (Å²) in [5.41, 5.74) is 3.59. The van der Waals surface area contributed by atoms with E-state index in [0.717, 1.165) is 30.5 Å². The summed E-state index contributed by atoms with van der Waals surface area (Å²) in [5.74, 6) is -0.408. The second kappa shape index (κ2) is 5.70. The molecule has 0 spiro atoms. The Kier molecular flexibility index (Phi) is 4.17. The molecule has 2 rings (SSSR count). The molecule has 2 aromatic rings. The van der Waals surface area contributed by atoms with Crippen molar-refractivity contribution in [2.45, 2.75) is 53.0 Å². The molecule has 0 amide bonds. The zero-order valence-electron chi connectivity index (χ0n) is 12.7. The van der Waals surface area contributed by atoms with E-state index in [1.165, 1.54) is 10.9 Å². The molecule has 0 saturated heterocycles. The highest BCUT2D eigenvalue weighted by atomic mass is 16.4. The highest BCUT2D eigenvalue weighted by Crippen LogP contribution is 2.30. The van der Waals surface area contributed by atoms with E-state index in [0.29, 0.717) is 11.5 Å². The van der Waals surface area contributed by atoms with Crippen LogP contribution in [0.5, 0.6) is 0 Å². The van der Waals surface area contributed by atoms with Gasteiger partial charge in [-0.15, -0.1) is 0 Å². The fraction of sp³-hybridized carbons (Fsp3) is 0.471. The second-order valence-corrected chi connectivity index (χ2v) is 5.78. The molecule has 0 radical (unpaired) electrons. The molecule has 0 aliphatic heterocycles. The van der Waals surface area contributed by atoms with Gasteiger partial charge in [0.2, 0.25) is 0 Å². The van der Waals surface area contributed by atoms with Gasteiger partial charge in [0.05, 0.1) is 5.56 Å². The number of fused-ring (bicyclic) bond motifs is 1. The van der Waals surface area contributed by atoms with Crippen molar-refractivity contribution in [3.05, 3.63) is 35.0 Å². The number of hydrogen-bond acceptors (Lipinski definition) is 1. The van der Waals surface area contributed by atoms with E-state index in [1.54, 1.807) is 0 Å². The van der Waals surface area contributed by atoms with Gasteiger partial charge in [-0.05, 0) is 42.5 Å². The number of aryl methyl sites for hydroxylation is 2. The molecular formula is C17H23NO2. The SMILES string of the molecule is CCCCn1cc(C(C)C)c2cc(C)c(C(=O)O)cc21. The van der Waals surface area contributed by atoms with Gasteiger partial charge in [0, 0.05) is 23.6 Å². The van der Waals surface area contributed by atoms with Crippen LogP contribution < -0.4 is 0 Å². The quantitative estimate of drug-likeness (QED) is 0.867. The Labute approximate surface area is 120 Å². The average Bonchev–Trinajstić information content (AvgIpc) is 2.73. The van der Waals surface area contributed by atoms with E-state index in [-0.39, 0.29) is 0 Å². The average molecular weight is 273 g/mol. The van der Waals surface area contributed by atoms with E-state index in [1.807, 2.05) is 19.1 Å². The third kappa shape index (κ3) is 2.58. The molecule has 3 heteroatoms. The predicted octanol–water partition coefficient (Wildman–Crippen LogP) is 4.57. The maximum absolute atomic E-state index is 11.3. The van der Waals surface area contributed by atoms with Gasteiger partial charge >= 0.3 is 5.97 Å². The maximum atomic E-state index is 11.3. The van der Waals surface area contributed by atoms with E-state index in [9.17, 15) is 9.90 Å². The zero-order chi connectivity index (χ0) is 14.9. The first-order valence-electron chi connectivity index (χ1n) is 7.32. The third-order valence-corrected chi connectivity index (χ3v) is 3.86. The van der Waals surface area contributed by atoms with Crippen LogP contribution in [0.3, 0.4) is 0 Å². The van der Waals surface area contributed by atoms with Crippen LogP contribution in [0.25, 0.3) is 10.9 Å². The van der Waals surface area contributed by atoms with Gasteiger partial charge in [0.15, 0.2) is 0 Å². The summed E-state index contributed by atoms with van der Waals surface area (Å²) in [7, 11) is 0. The van der Waals surface area contributed by atoms with Crippen molar-refractivity contribution in [2.24, 2.45) is 0 Å². The second-order valence-electron chi connectivity index (χ2n) is 5.78. The number of hydrogen-bond donors (Lipinski definition) is 1. The molecule has 0 fully saturated rings. The first-order valence-corrected chi connectivity index (χ1v) is 7.32. The third-order valence-electron chi connectivity index (χ3n) is 3.86. The number of nitrogens with zero attached hydrogens (tertiary/aromatic N) is 1. The van der Waals surface area contributed by atoms with Gasteiger partial charge < -0.3 is 9.67 Å². The number of carboxylic acid groups (broad SMARTS) is 1. The van der Waals surface area contributed by atoms with Crippen molar-refractivity contribution in [1.82, 2.24) is 4.57 Å². The Morgan fingerprint density at radius 2 is 2.05 bits per heavy atom. The lowest BCUT2D eigenvalue weighted by Crippen LogP contribution is -2.01. The van der Waals surface area contributed by atoms with Crippen LogP contribution >= 0.6 is 0 Å². The molecular weight excluding hydrogens is 250 g/mol. The molecule has 0 saturated carbocycles. The van der Waals surface area contributed by atoms with Crippen LogP contribution in [0.2, 0.25) is 0 Å². The van der Waals surface area contributed by atoms with Crippen molar-refractivity contribution in [1.29, 1.82) is 0 Å². The van der Waals surface area contributed by atoms with Crippen LogP contribution in [0.15, 0.2) is 18.3 Å². The molecule has 1 aromatic carbocycles. The van der Waals surface area contributed by atoms with Gasteiger partial charge in [-0.2, -0.15) is 0 Å². The summed E-state index contributed by atoms with van der Waals surface area (Å²) in [6.45, 7) is 9.35. The Hall–Kier alpha value is -1.77. The van der Waals surface area contributed by atoms with Crippen LogP contribution in [-0.4, -0.2) is 15.6 Å². The van der Waals surface area contributed by atoms with Crippen molar-refractivity contribution in [3.8, 4) is 0 Å². The Morgan fingerprint density at radius 3 is 2.60 bits per heavy atom. The minimum atomic E-state index is -0.848. The van der Waals surface area contributed by atoms with Crippen molar-refractivity contribution >= 4 is 16.9 Å². The molecule has 1 heterocycles. The van der Waals surface area contributed by atoms with Crippen LogP contribution in [0.1, 0.15) is 61.0 Å². The van der Waals surface area contributed by atoms with E-state index < -0.39 is 5.97 Å². The molecule has 0 atom stereocenters. The molecule has 108 valence electrons. The Morgan fingerprint density at radius 1 is 1.35 bits per heavy atom. The lowest BCUT2D eigenvalue weighted by atomic mass is 9.99. The molecule has 20 heavy (non-hydrogen) atoms. The van der Waals surface area contributed by atoms with Gasteiger partial charge in [0.1, 0.15) is 0 Å². The van der Waals surface area contributed by atoms with Gasteiger partial charge in [-0.1, -0.05) is 27.2 Å². The van der Waals surface area contributed by atoms with Gasteiger partial charge in [-0.25, -0.2) is 4.79 Å². The number of benzene rings is 1. The molecule has 3 nitrogen and oxygen atoms in total. The fourth-order valence-electron chi connectivity index (χ4n) is 2.68. The van der Waals surface area contributed by atoms with Gasteiger partial charge in [-0.3, -0.25) is 0 Å². The number of rotatable bonds is 5.